The molecule has 4 nitrogen and oxygen atoms in total. The quantitative estimate of drug-likeness (QED) is 0.157. The average molecular weight is 794 g/mol. The summed E-state index contributed by atoms with van der Waals surface area (Å²) in [4.78, 5) is 2.28. The van der Waals surface area contributed by atoms with Crippen molar-refractivity contribution in [2.75, 3.05) is 4.90 Å². The Kier molecular flexibility index (Phi) is 7.57. The molecule has 13 aromatic rings. The number of rotatable bonds is 6. The zero-order chi connectivity index (χ0) is 40.7. The van der Waals surface area contributed by atoms with Crippen LogP contribution in [0.1, 0.15) is 0 Å². The van der Waals surface area contributed by atoms with Crippen LogP contribution in [0.15, 0.2) is 226 Å². The van der Waals surface area contributed by atoms with Gasteiger partial charge in [-0.3, -0.25) is 0 Å². The van der Waals surface area contributed by atoms with Crippen molar-refractivity contribution in [1.82, 2.24) is 0 Å². The molecule has 290 valence electrons. The summed E-state index contributed by atoms with van der Waals surface area (Å²) in [6, 6.07) is 74.9. The zero-order valence-corrected chi connectivity index (χ0v) is 33.4. The van der Waals surface area contributed by atoms with Crippen molar-refractivity contribution in [3.63, 3.8) is 0 Å². The van der Waals surface area contributed by atoms with E-state index in [2.05, 4.69) is 193 Å². The van der Waals surface area contributed by atoms with Crippen molar-refractivity contribution in [2.45, 2.75) is 0 Å². The minimum atomic E-state index is 0.842. The number of hydrogen-bond donors (Lipinski definition) is 0. The van der Waals surface area contributed by atoms with Crippen molar-refractivity contribution >= 4 is 93.5 Å². The third kappa shape index (κ3) is 5.33. The lowest BCUT2D eigenvalue weighted by Crippen LogP contribution is -2.09. The first-order valence-electron chi connectivity index (χ1n) is 21.0. The molecule has 0 spiro atoms. The molecule has 3 heterocycles. The molecule has 0 amide bonds. The van der Waals surface area contributed by atoms with Gasteiger partial charge < -0.3 is 18.2 Å². The van der Waals surface area contributed by atoms with Crippen LogP contribution in [-0.2, 0) is 0 Å². The predicted octanol–water partition coefficient (Wildman–Crippen LogP) is 17.0. The van der Waals surface area contributed by atoms with E-state index in [1.54, 1.807) is 0 Å². The van der Waals surface area contributed by atoms with Crippen LogP contribution in [0.25, 0.3) is 110 Å². The SMILES string of the molecule is c1ccc(-c2oc3c4ccccc4c4ccc(-c5ccc(N(c6ccc7c(c6)oc6ccccc67)c6ccc7c(c6)oc6ccccc67)cc5)cc4c3c2-c2ccccc2)cc1. The summed E-state index contributed by atoms with van der Waals surface area (Å²) < 4.78 is 19.8. The van der Waals surface area contributed by atoms with Gasteiger partial charge in [0.15, 0.2) is 0 Å². The lowest BCUT2D eigenvalue weighted by atomic mass is 9.90. The summed E-state index contributed by atoms with van der Waals surface area (Å²) >= 11 is 0. The topological polar surface area (TPSA) is 42.7 Å². The van der Waals surface area contributed by atoms with Gasteiger partial charge in [-0.25, -0.2) is 0 Å². The minimum Gasteiger partial charge on any atom is -0.456 e. The second-order valence-corrected chi connectivity index (χ2v) is 16.0. The minimum absolute atomic E-state index is 0.842. The fourth-order valence-electron chi connectivity index (χ4n) is 9.59. The van der Waals surface area contributed by atoms with Crippen LogP contribution in [0.4, 0.5) is 17.1 Å². The van der Waals surface area contributed by atoms with Gasteiger partial charge in [-0.1, -0.05) is 146 Å². The highest BCUT2D eigenvalue weighted by molar-refractivity contribution is 6.29. The normalized spacial score (nSPS) is 11.9. The first-order chi connectivity index (χ1) is 30.7. The van der Waals surface area contributed by atoms with Crippen LogP contribution in [0.5, 0.6) is 0 Å². The number of anilines is 3. The number of fused-ring (bicyclic) bond motifs is 12. The first-order valence-corrected chi connectivity index (χ1v) is 21.0. The van der Waals surface area contributed by atoms with Crippen LogP contribution in [0, 0.1) is 0 Å². The van der Waals surface area contributed by atoms with E-state index < -0.39 is 0 Å². The van der Waals surface area contributed by atoms with E-state index in [4.69, 9.17) is 13.3 Å². The summed E-state index contributed by atoms with van der Waals surface area (Å²) in [5.74, 6) is 0.876. The number of furan rings is 3. The van der Waals surface area contributed by atoms with Crippen molar-refractivity contribution in [2.24, 2.45) is 0 Å². The highest BCUT2D eigenvalue weighted by atomic mass is 16.3. The fourth-order valence-corrected chi connectivity index (χ4v) is 9.59. The molecule has 62 heavy (non-hydrogen) atoms. The monoisotopic (exact) mass is 793 g/mol. The van der Waals surface area contributed by atoms with Gasteiger partial charge >= 0.3 is 0 Å². The van der Waals surface area contributed by atoms with E-state index in [-0.39, 0.29) is 0 Å². The fraction of sp³-hybridized carbons (Fsp3) is 0. The molecule has 0 saturated heterocycles. The number of benzene rings is 10. The maximum atomic E-state index is 7.00. The lowest BCUT2D eigenvalue weighted by molar-refractivity contribution is 0.636. The van der Waals surface area contributed by atoms with Crippen LogP contribution in [-0.4, -0.2) is 0 Å². The molecule has 13 rings (SSSR count). The number of nitrogens with zero attached hydrogens (tertiary/aromatic N) is 1. The Bertz CT molecular complexity index is 3740. The Morgan fingerprint density at radius 2 is 0.742 bits per heavy atom. The molecular formula is C58H35NO3. The standard InChI is InChI=1S/C58H35NO3/c1-3-13-37(14-4-1)55-56-50-33-39(25-30-44(50)43-17-7-8-20-49(43)58(56)62-57(55)38-15-5-2-6-16-38)36-23-26-40(27-24-36)59(41-28-31-47-45-18-9-11-21-51(45)60-53(47)34-41)42-29-32-48-46-19-10-12-22-52(46)61-54(48)35-42/h1-35H. The molecule has 0 aliphatic heterocycles. The van der Waals surface area contributed by atoms with Gasteiger partial charge in [0.2, 0.25) is 0 Å². The number of para-hydroxylation sites is 2. The summed E-state index contributed by atoms with van der Waals surface area (Å²) in [6.07, 6.45) is 0. The maximum absolute atomic E-state index is 7.00. The van der Waals surface area contributed by atoms with Crippen molar-refractivity contribution in [3.8, 4) is 33.6 Å². The van der Waals surface area contributed by atoms with Gasteiger partial charge in [0.1, 0.15) is 33.7 Å². The molecule has 0 bridgehead atoms. The van der Waals surface area contributed by atoms with E-state index >= 15 is 0 Å². The second kappa shape index (κ2) is 13.6. The maximum Gasteiger partial charge on any atom is 0.143 e. The number of hydrogen-bond acceptors (Lipinski definition) is 4. The molecule has 0 saturated carbocycles. The third-order valence-corrected chi connectivity index (χ3v) is 12.5. The molecule has 4 heteroatoms. The molecule has 10 aromatic carbocycles. The van der Waals surface area contributed by atoms with Gasteiger partial charge in [-0.2, -0.15) is 0 Å². The van der Waals surface area contributed by atoms with Crippen LogP contribution in [0.2, 0.25) is 0 Å². The summed E-state index contributed by atoms with van der Waals surface area (Å²) in [5, 5.41) is 10.1. The summed E-state index contributed by atoms with van der Waals surface area (Å²) in [7, 11) is 0. The van der Waals surface area contributed by atoms with E-state index in [1.807, 2.05) is 24.3 Å². The molecule has 0 fully saturated rings. The van der Waals surface area contributed by atoms with E-state index in [9.17, 15) is 0 Å². The Labute approximate surface area is 356 Å². The highest BCUT2D eigenvalue weighted by Crippen LogP contribution is 2.48. The van der Waals surface area contributed by atoms with Crippen LogP contribution >= 0.6 is 0 Å². The molecule has 0 aliphatic rings. The van der Waals surface area contributed by atoms with Crippen molar-refractivity contribution in [3.05, 3.63) is 212 Å². The van der Waals surface area contributed by atoms with E-state index in [0.29, 0.717) is 0 Å². The zero-order valence-electron chi connectivity index (χ0n) is 33.4. The molecule has 3 aromatic heterocycles. The lowest BCUT2D eigenvalue weighted by Gasteiger charge is -2.25. The van der Waals surface area contributed by atoms with Crippen LogP contribution < -0.4 is 4.90 Å². The Morgan fingerprint density at radius 1 is 0.274 bits per heavy atom. The van der Waals surface area contributed by atoms with Crippen LogP contribution in [0.3, 0.4) is 0 Å². The third-order valence-electron chi connectivity index (χ3n) is 12.5. The van der Waals surface area contributed by atoms with E-state index in [0.717, 1.165) is 116 Å². The highest BCUT2D eigenvalue weighted by Gasteiger charge is 2.23. The molecular weight excluding hydrogens is 759 g/mol. The van der Waals surface area contributed by atoms with E-state index in [1.165, 1.54) is 10.8 Å². The molecule has 0 aliphatic carbocycles. The predicted molar refractivity (Wildman–Crippen MR) is 257 cm³/mol. The van der Waals surface area contributed by atoms with Gasteiger partial charge in [0.25, 0.3) is 0 Å². The van der Waals surface area contributed by atoms with Gasteiger partial charge in [-0.15, -0.1) is 0 Å². The first kappa shape index (κ1) is 34.5. The Morgan fingerprint density at radius 3 is 1.37 bits per heavy atom. The molecule has 0 atom stereocenters. The largest absolute Gasteiger partial charge is 0.456 e. The Balaban J connectivity index is 0.986. The van der Waals surface area contributed by atoms with Crippen molar-refractivity contribution in [1.29, 1.82) is 0 Å². The van der Waals surface area contributed by atoms with Crippen molar-refractivity contribution < 1.29 is 13.3 Å². The van der Waals surface area contributed by atoms with Gasteiger partial charge in [0.05, 0.1) is 0 Å². The summed E-state index contributed by atoms with van der Waals surface area (Å²) in [6.45, 7) is 0. The Hall–Kier alpha value is -8.34. The van der Waals surface area contributed by atoms with Gasteiger partial charge in [-0.05, 0) is 87.4 Å². The smallest absolute Gasteiger partial charge is 0.143 e. The summed E-state index contributed by atoms with van der Waals surface area (Å²) in [5.41, 5.74) is 12.9. The molecule has 0 radical (unpaired) electrons. The molecule has 0 N–H and O–H groups in total. The second-order valence-electron chi connectivity index (χ2n) is 16.0. The average Bonchev–Trinajstić information content (AvgIpc) is 4.04. The molecule has 0 unspecified atom stereocenters. The van der Waals surface area contributed by atoms with Gasteiger partial charge in [0, 0.05) is 72.6 Å².